The van der Waals surface area contributed by atoms with Gasteiger partial charge in [0.25, 0.3) is 0 Å². The standard InChI is InChI=1S/C17H24N2/c1-6-15-11-18-12-19(15)16-8-7-14(9-13(16)2)10-17(3,4)5/h7-9,11-12H,6,10H2,1-5H3. The van der Waals surface area contributed by atoms with Crippen LogP contribution in [0.25, 0.3) is 5.69 Å². The highest BCUT2D eigenvalue weighted by molar-refractivity contribution is 5.44. The van der Waals surface area contributed by atoms with Crippen molar-refractivity contribution in [2.75, 3.05) is 0 Å². The molecule has 0 radical (unpaired) electrons. The Kier molecular flexibility index (Phi) is 3.79. The molecule has 0 fully saturated rings. The van der Waals surface area contributed by atoms with Crippen molar-refractivity contribution in [3.05, 3.63) is 47.5 Å². The molecule has 0 spiro atoms. The van der Waals surface area contributed by atoms with Crippen LogP contribution in [0, 0.1) is 12.3 Å². The van der Waals surface area contributed by atoms with E-state index in [4.69, 9.17) is 0 Å². The summed E-state index contributed by atoms with van der Waals surface area (Å²) in [6, 6.07) is 6.77. The number of benzene rings is 1. The number of hydrogen-bond acceptors (Lipinski definition) is 1. The monoisotopic (exact) mass is 256 g/mol. The lowest BCUT2D eigenvalue weighted by Crippen LogP contribution is -2.09. The van der Waals surface area contributed by atoms with Gasteiger partial charge in [-0.2, -0.15) is 0 Å². The van der Waals surface area contributed by atoms with Crippen molar-refractivity contribution in [3.8, 4) is 5.69 Å². The molecule has 0 aliphatic carbocycles. The van der Waals surface area contributed by atoms with Crippen LogP contribution in [0.2, 0.25) is 0 Å². The maximum absolute atomic E-state index is 4.26. The van der Waals surface area contributed by atoms with Gasteiger partial charge in [-0.25, -0.2) is 4.98 Å². The van der Waals surface area contributed by atoms with Crippen molar-refractivity contribution in [1.29, 1.82) is 0 Å². The third-order valence-electron chi connectivity index (χ3n) is 3.33. The zero-order valence-electron chi connectivity index (χ0n) is 12.7. The van der Waals surface area contributed by atoms with Crippen LogP contribution in [0.5, 0.6) is 0 Å². The Bertz CT molecular complexity index is 559. The predicted molar refractivity (Wildman–Crippen MR) is 80.8 cm³/mol. The smallest absolute Gasteiger partial charge is 0.0994 e. The zero-order chi connectivity index (χ0) is 14.0. The molecule has 2 aromatic rings. The summed E-state index contributed by atoms with van der Waals surface area (Å²) in [5.41, 5.74) is 5.55. The molecule has 19 heavy (non-hydrogen) atoms. The maximum atomic E-state index is 4.26. The summed E-state index contributed by atoms with van der Waals surface area (Å²) in [6.07, 6.45) is 5.97. The van der Waals surface area contributed by atoms with E-state index < -0.39 is 0 Å². The molecule has 1 heterocycles. The second-order valence-electron chi connectivity index (χ2n) is 6.47. The van der Waals surface area contributed by atoms with Gasteiger partial charge in [-0.15, -0.1) is 0 Å². The summed E-state index contributed by atoms with van der Waals surface area (Å²) in [5, 5.41) is 0. The Morgan fingerprint density at radius 3 is 2.53 bits per heavy atom. The molecule has 102 valence electrons. The molecule has 0 amide bonds. The first kappa shape index (κ1) is 13.9. The van der Waals surface area contributed by atoms with Gasteiger partial charge in [-0.05, 0) is 42.4 Å². The van der Waals surface area contributed by atoms with Crippen LogP contribution >= 0.6 is 0 Å². The van der Waals surface area contributed by atoms with Crippen molar-refractivity contribution in [1.82, 2.24) is 9.55 Å². The predicted octanol–water partition coefficient (Wildman–Crippen LogP) is 4.33. The molecule has 0 saturated heterocycles. The van der Waals surface area contributed by atoms with Crippen LogP contribution in [0.1, 0.15) is 44.5 Å². The first-order valence-electron chi connectivity index (χ1n) is 7.02. The zero-order valence-corrected chi connectivity index (χ0v) is 12.7. The molecule has 2 nitrogen and oxygen atoms in total. The molecular formula is C17H24N2. The molecular weight excluding hydrogens is 232 g/mol. The summed E-state index contributed by atoms with van der Waals surface area (Å²) < 4.78 is 2.19. The molecule has 0 saturated carbocycles. The fourth-order valence-electron chi connectivity index (χ4n) is 2.51. The van der Waals surface area contributed by atoms with Crippen LogP contribution in [0.4, 0.5) is 0 Å². The number of nitrogens with zero attached hydrogens (tertiary/aromatic N) is 2. The van der Waals surface area contributed by atoms with Gasteiger partial charge in [0.15, 0.2) is 0 Å². The first-order chi connectivity index (χ1) is 8.90. The van der Waals surface area contributed by atoms with Gasteiger partial charge in [0.2, 0.25) is 0 Å². The van der Waals surface area contributed by atoms with Gasteiger partial charge < -0.3 is 4.57 Å². The Hall–Kier alpha value is -1.57. The highest BCUT2D eigenvalue weighted by Gasteiger charge is 2.12. The third kappa shape index (κ3) is 3.25. The molecule has 1 aromatic heterocycles. The molecule has 1 aromatic carbocycles. The lowest BCUT2D eigenvalue weighted by atomic mass is 9.87. The summed E-state index contributed by atoms with van der Waals surface area (Å²) in [7, 11) is 0. The van der Waals surface area contributed by atoms with E-state index in [9.17, 15) is 0 Å². The van der Waals surface area contributed by atoms with Crippen molar-refractivity contribution < 1.29 is 0 Å². The number of aryl methyl sites for hydroxylation is 2. The lowest BCUT2D eigenvalue weighted by molar-refractivity contribution is 0.411. The Morgan fingerprint density at radius 2 is 1.95 bits per heavy atom. The van der Waals surface area contributed by atoms with E-state index in [2.05, 4.69) is 62.4 Å². The van der Waals surface area contributed by atoms with Gasteiger partial charge in [0, 0.05) is 17.6 Å². The summed E-state index contributed by atoms with van der Waals surface area (Å²) >= 11 is 0. The van der Waals surface area contributed by atoms with E-state index in [0.29, 0.717) is 5.41 Å². The van der Waals surface area contributed by atoms with Crippen LogP contribution in [0.15, 0.2) is 30.7 Å². The molecule has 2 heteroatoms. The topological polar surface area (TPSA) is 17.8 Å². The van der Waals surface area contributed by atoms with Gasteiger partial charge in [-0.1, -0.05) is 39.8 Å². The molecule has 0 aliphatic heterocycles. The van der Waals surface area contributed by atoms with Gasteiger partial charge in [-0.3, -0.25) is 0 Å². The van der Waals surface area contributed by atoms with E-state index in [-0.39, 0.29) is 0 Å². The average molecular weight is 256 g/mol. The Morgan fingerprint density at radius 1 is 1.21 bits per heavy atom. The largest absolute Gasteiger partial charge is 0.303 e. The summed E-state index contributed by atoms with van der Waals surface area (Å²) in [5.74, 6) is 0. The van der Waals surface area contributed by atoms with E-state index in [1.165, 1.54) is 22.5 Å². The van der Waals surface area contributed by atoms with E-state index >= 15 is 0 Å². The molecule has 0 atom stereocenters. The molecule has 0 unspecified atom stereocenters. The fraction of sp³-hybridized carbons (Fsp3) is 0.471. The van der Waals surface area contributed by atoms with Crippen molar-refractivity contribution in [2.24, 2.45) is 5.41 Å². The van der Waals surface area contributed by atoms with Crippen LogP contribution < -0.4 is 0 Å². The van der Waals surface area contributed by atoms with Crippen molar-refractivity contribution >= 4 is 0 Å². The van der Waals surface area contributed by atoms with Crippen molar-refractivity contribution in [3.63, 3.8) is 0 Å². The maximum Gasteiger partial charge on any atom is 0.0994 e. The SMILES string of the molecule is CCc1cncn1-c1ccc(CC(C)(C)C)cc1C. The number of imidazole rings is 1. The van der Waals surface area contributed by atoms with Crippen molar-refractivity contribution in [2.45, 2.75) is 47.5 Å². The minimum Gasteiger partial charge on any atom is -0.303 e. The Labute approximate surface area is 116 Å². The van der Waals surface area contributed by atoms with E-state index in [1.807, 2.05) is 12.5 Å². The molecule has 0 bridgehead atoms. The summed E-state index contributed by atoms with van der Waals surface area (Å²) in [6.45, 7) is 11.2. The molecule has 0 aliphatic rings. The van der Waals surface area contributed by atoms with E-state index in [1.54, 1.807) is 0 Å². The number of aromatic nitrogens is 2. The number of rotatable bonds is 3. The lowest BCUT2D eigenvalue weighted by Gasteiger charge is -2.19. The molecule has 0 N–H and O–H groups in total. The van der Waals surface area contributed by atoms with Crippen LogP contribution in [0.3, 0.4) is 0 Å². The minimum atomic E-state index is 0.331. The Balaban J connectivity index is 2.35. The quantitative estimate of drug-likeness (QED) is 0.799. The second kappa shape index (κ2) is 5.20. The van der Waals surface area contributed by atoms with Crippen LogP contribution in [-0.4, -0.2) is 9.55 Å². The molecule has 2 rings (SSSR count). The fourth-order valence-corrected chi connectivity index (χ4v) is 2.51. The number of hydrogen-bond donors (Lipinski definition) is 0. The van der Waals surface area contributed by atoms with Gasteiger partial charge in [0.05, 0.1) is 6.33 Å². The average Bonchev–Trinajstić information content (AvgIpc) is 2.74. The minimum absolute atomic E-state index is 0.331. The summed E-state index contributed by atoms with van der Waals surface area (Å²) in [4.78, 5) is 4.26. The highest BCUT2D eigenvalue weighted by Crippen LogP contribution is 2.24. The normalized spacial score (nSPS) is 11.8. The highest BCUT2D eigenvalue weighted by atomic mass is 15.0. The van der Waals surface area contributed by atoms with Gasteiger partial charge >= 0.3 is 0 Å². The van der Waals surface area contributed by atoms with Gasteiger partial charge in [0.1, 0.15) is 0 Å². The second-order valence-corrected chi connectivity index (χ2v) is 6.47. The third-order valence-corrected chi connectivity index (χ3v) is 3.33. The van der Waals surface area contributed by atoms with E-state index in [0.717, 1.165) is 12.8 Å². The van der Waals surface area contributed by atoms with Crippen LogP contribution in [-0.2, 0) is 12.8 Å². The first-order valence-corrected chi connectivity index (χ1v) is 7.02.